The zero-order chi connectivity index (χ0) is 21.4. The van der Waals surface area contributed by atoms with Gasteiger partial charge in [-0.15, -0.1) is 0 Å². The van der Waals surface area contributed by atoms with Crippen molar-refractivity contribution < 1.29 is 40.8 Å². The summed E-state index contributed by atoms with van der Waals surface area (Å²) in [7, 11) is -3.82. The molecule has 1 aromatic carbocycles. The summed E-state index contributed by atoms with van der Waals surface area (Å²) in [5, 5.41) is 0. The Morgan fingerprint density at radius 3 is 1.68 bits per heavy atom. The second-order valence-corrected chi connectivity index (χ2v) is 8.70. The largest absolute Gasteiger partial charge is 0.705 e. The molecule has 0 radical (unpaired) electrons. The molecule has 1 rings (SSSR count). The van der Waals surface area contributed by atoms with Gasteiger partial charge in [-0.3, -0.25) is 14.4 Å². The Hall–Kier alpha value is -2.36. The van der Waals surface area contributed by atoms with Crippen LogP contribution in [0.3, 0.4) is 0 Å². The topological polar surface area (TPSA) is 78.9 Å². The molecule has 0 aromatic heterocycles. The molecule has 156 valence electrons. The van der Waals surface area contributed by atoms with Crippen molar-refractivity contribution >= 4 is 26.7 Å². The molecule has 6 nitrogen and oxygen atoms in total. The molecule has 0 N–H and O–H groups in total. The molecule has 0 saturated heterocycles. The standard InChI is InChI=1S/C18H23F3O6Si/c1-13(22)25-28(26-14(2)23,27-15(3)24)12-6-4-5-7-16-8-10-17(11-9-16)18(19,20)21/h8-11H,4-7,12H2,1-3H3. The summed E-state index contributed by atoms with van der Waals surface area (Å²) in [5.74, 6) is -2.17. The first-order chi connectivity index (χ1) is 12.9. The van der Waals surface area contributed by atoms with E-state index in [1.807, 2.05) is 0 Å². The number of aryl methyl sites for hydroxylation is 1. The van der Waals surface area contributed by atoms with Gasteiger partial charge in [0, 0.05) is 20.8 Å². The summed E-state index contributed by atoms with van der Waals surface area (Å²) in [4.78, 5) is 34.0. The van der Waals surface area contributed by atoms with E-state index in [0.717, 1.165) is 38.5 Å². The zero-order valence-electron chi connectivity index (χ0n) is 15.9. The number of benzene rings is 1. The van der Waals surface area contributed by atoms with E-state index in [-0.39, 0.29) is 6.04 Å². The predicted octanol–water partition coefficient (Wildman–Crippen LogP) is 4.05. The molecular formula is C18H23F3O6Si. The fraction of sp³-hybridized carbons (Fsp3) is 0.500. The van der Waals surface area contributed by atoms with Gasteiger partial charge in [0.1, 0.15) is 0 Å². The van der Waals surface area contributed by atoms with Crippen LogP contribution in [-0.2, 0) is 40.3 Å². The lowest BCUT2D eigenvalue weighted by Crippen LogP contribution is -2.49. The molecule has 0 fully saturated rings. The van der Waals surface area contributed by atoms with E-state index in [9.17, 15) is 27.6 Å². The molecule has 0 aliphatic rings. The molecule has 28 heavy (non-hydrogen) atoms. The number of carbonyl (C=O) groups excluding carboxylic acids is 3. The van der Waals surface area contributed by atoms with Crippen LogP contribution in [0.5, 0.6) is 0 Å². The van der Waals surface area contributed by atoms with Crippen molar-refractivity contribution in [1.82, 2.24) is 0 Å². The number of rotatable bonds is 9. The second-order valence-electron chi connectivity index (χ2n) is 6.22. The van der Waals surface area contributed by atoms with Crippen LogP contribution >= 0.6 is 0 Å². The van der Waals surface area contributed by atoms with E-state index < -0.39 is 38.5 Å². The lowest BCUT2D eigenvalue weighted by Gasteiger charge is -2.26. The number of hydrogen-bond acceptors (Lipinski definition) is 6. The molecule has 0 aliphatic carbocycles. The minimum Gasteiger partial charge on any atom is -0.455 e. The molecule has 0 amide bonds. The van der Waals surface area contributed by atoms with Crippen molar-refractivity contribution in [2.45, 2.75) is 58.7 Å². The molecule has 0 atom stereocenters. The Labute approximate surface area is 162 Å². The SMILES string of the molecule is CC(=O)O[Si](CCCCCc1ccc(C(F)(F)F)cc1)(OC(C)=O)OC(C)=O. The van der Waals surface area contributed by atoms with Gasteiger partial charge in [0.05, 0.1) is 11.6 Å². The second kappa shape index (κ2) is 10.3. The van der Waals surface area contributed by atoms with Crippen molar-refractivity contribution in [2.24, 2.45) is 0 Å². The average Bonchev–Trinajstić information content (AvgIpc) is 2.52. The van der Waals surface area contributed by atoms with Gasteiger partial charge in [-0.05, 0) is 37.0 Å². The van der Waals surface area contributed by atoms with E-state index in [1.165, 1.54) is 12.1 Å². The number of carbonyl (C=O) groups is 3. The Morgan fingerprint density at radius 1 is 0.821 bits per heavy atom. The maximum absolute atomic E-state index is 12.6. The smallest absolute Gasteiger partial charge is 0.455 e. The van der Waals surface area contributed by atoms with Crippen LogP contribution in [0, 0.1) is 0 Å². The minimum absolute atomic E-state index is 0.0821. The van der Waals surface area contributed by atoms with Gasteiger partial charge in [0.15, 0.2) is 0 Å². The highest BCUT2D eigenvalue weighted by Crippen LogP contribution is 2.29. The summed E-state index contributed by atoms with van der Waals surface area (Å²) >= 11 is 0. The molecule has 1 aromatic rings. The molecular weight excluding hydrogens is 397 g/mol. The molecule has 0 heterocycles. The van der Waals surface area contributed by atoms with E-state index in [1.54, 1.807) is 0 Å². The quantitative estimate of drug-likeness (QED) is 0.443. The van der Waals surface area contributed by atoms with Gasteiger partial charge in [-0.25, -0.2) is 0 Å². The van der Waals surface area contributed by atoms with Gasteiger partial charge >= 0.3 is 15.0 Å². The first-order valence-corrected chi connectivity index (χ1v) is 10.6. The fourth-order valence-corrected chi connectivity index (χ4v) is 5.01. The van der Waals surface area contributed by atoms with Gasteiger partial charge < -0.3 is 13.3 Å². The highest BCUT2D eigenvalue weighted by molar-refractivity contribution is 6.65. The molecule has 0 saturated carbocycles. The maximum Gasteiger partial charge on any atom is 0.705 e. The molecule has 0 unspecified atom stereocenters. The highest BCUT2D eigenvalue weighted by atomic mass is 28.4. The molecule has 10 heteroatoms. The van der Waals surface area contributed by atoms with Crippen LogP contribution in [0.2, 0.25) is 6.04 Å². The monoisotopic (exact) mass is 420 g/mol. The third-order valence-corrected chi connectivity index (χ3v) is 6.39. The Morgan fingerprint density at radius 2 is 1.29 bits per heavy atom. The van der Waals surface area contributed by atoms with Gasteiger partial charge in [0.2, 0.25) is 0 Å². The van der Waals surface area contributed by atoms with Crippen LogP contribution in [0.1, 0.15) is 51.2 Å². The van der Waals surface area contributed by atoms with E-state index in [0.29, 0.717) is 25.7 Å². The normalized spacial score (nSPS) is 11.6. The number of hydrogen-bond donors (Lipinski definition) is 0. The molecule has 0 bridgehead atoms. The summed E-state index contributed by atoms with van der Waals surface area (Å²) in [5.41, 5.74) is 0.0626. The van der Waals surface area contributed by atoms with Crippen molar-refractivity contribution in [3.05, 3.63) is 35.4 Å². The first kappa shape index (κ1) is 23.7. The zero-order valence-corrected chi connectivity index (χ0v) is 16.9. The number of alkyl halides is 3. The fourth-order valence-electron chi connectivity index (χ4n) is 2.58. The Balaban J connectivity index is 2.60. The van der Waals surface area contributed by atoms with Crippen LogP contribution in [-0.4, -0.2) is 26.7 Å². The summed E-state index contributed by atoms with van der Waals surface area (Å²) in [6.45, 7) is 3.37. The summed E-state index contributed by atoms with van der Waals surface area (Å²) in [6, 6.07) is 5.01. The number of halogens is 3. The maximum atomic E-state index is 12.6. The van der Waals surface area contributed by atoms with Crippen molar-refractivity contribution in [2.75, 3.05) is 0 Å². The number of unbranched alkanes of at least 4 members (excludes halogenated alkanes) is 2. The minimum atomic E-state index is -4.36. The lowest BCUT2D eigenvalue weighted by atomic mass is 10.1. The van der Waals surface area contributed by atoms with Gasteiger partial charge in [-0.2, -0.15) is 13.2 Å². The van der Waals surface area contributed by atoms with Crippen molar-refractivity contribution in [1.29, 1.82) is 0 Å². The molecule has 0 spiro atoms. The lowest BCUT2D eigenvalue weighted by molar-refractivity contribution is -0.148. The van der Waals surface area contributed by atoms with E-state index in [4.69, 9.17) is 13.3 Å². The average molecular weight is 420 g/mol. The van der Waals surface area contributed by atoms with Crippen molar-refractivity contribution in [3.63, 3.8) is 0 Å². The summed E-state index contributed by atoms with van der Waals surface area (Å²) in [6.07, 6.45) is -2.10. The molecule has 0 aliphatic heterocycles. The predicted molar refractivity (Wildman–Crippen MR) is 94.9 cm³/mol. The van der Waals surface area contributed by atoms with Gasteiger partial charge in [0.25, 0.3) is 17.9 Å². The highest BCUT2D eigenvalue weighted by Gasteiger charge is 2.51. The first-order valence-electron chi connectivity index (χ1n) is 8.68. The third kappa shape index (κ3) is 8.55. The Kier molecular flexibility index (Phi) is 8.67. The van der Waals surface area contributed by atoms with Crippen LogP contribution in [0.4, 0.5) is 13.2 Å². The van der Waals surface area contributed by atoms with Crippen LogP contribution < -0.4 is 0 Å². The van der Waals surface area contributed by atoms with E-state index in [2.05, 4.69) is 0 Å². The van der Waals surface area contributed by atoms with Crippen LogP contribution in [0.15, 0.2) is 24.3 Å². The third-order valence-electron chi connectivity index (χ3n) is 3.63. The Bertz CT molecular complexity index is 647. The summed E-state index contributed by atoms with van der Waals surface area (Å²) < 4.78 is 52.9. The van der Waals surface area contributed by atoms with E-state index >= 15 is 0 Å². The van der Waals surface area contributed by atoms with Crippen LogP contribution in [0.25, 0.3) is 0 Å². The van der Waals surface area contributed by atoms with Gasteiger partial charge in [-0.1, -0.05) is 18.6 Å². The van der Waals surface area contributed by atoms with Crippen molar-refractivity contribution in [3.8, 4) is 0 Å².